The highest BCUT2D eigenvalue weighted by Crippen LogP contribution is 2.37. The van der Waals surface area contributed by atoms with E-state index >= 15 is 0 Å². The van der Waals surface area contributed by atoms with Gasteiger partial charge in [0.05, 0.1) is 31.6 Å². The van der Waals surface area contributed by atoms with Crippen LogP contribution < -0.4 is 15.8 Å². The van der Waals surface area contributed by atoms with E-state index in [-0.39, 0.29) is 31.6 Å². The molecular weight excluding hydrogens is 356 g/mol. The monoisotopic (exact) mass is 377 g/mol. The molecule has 1 aliphatic rings. The fourth-order valence-corrected chi connectivity index (χ4v) is 3.18. The van der Waals surface area contributed by atoms with Gasteiger partial charge >= 0.3 is 0 Å². The van der Waals surface area contributed by atoms with Crippen molar-refractivity contribution in [2.45, 2.75) is 44.2 Å². The number of carbonyl (C=O) groups is 1. The van der Waals surface area contributed by atoms with Crippen LogP contribution in [-0.4, -0.2) is 39.7 Å². The topological polar surface area (TPSA) is 95.1 Å². The van der Waals surface area contributed by atoms with E-state index in [1.807, 2.05) is 0 Å². The first-order valence-corrected chi connectivity index (χ1v) is 8.66. The molecule has 0 bridgehead atoms. The highest BCUT2D eigenvalue weighted by Gasteiger charge is 2.38. The number of methoxy groups -OCH3 is 1. The lowest BCUT2D eigenvalue weighted by atomic mass is 9.82. The molecule has 0 spiro atoms. The van der Waals surface area contributed by atoms with E-state index in [1.54, 1.807) is 16.9 Å². The molecule has 0 radical (unpaired) electrons. The summed E-state index contributed by atoms with van der Waals surface area (Å²) in [5.74, 6) is -2.86. The van der Waals surface area contributed by atoms with E-state index in [2.05, 4.69) is 27.7 Å². The van der Waals surface area contributed by atoms with Gasteiger partial charge in [-0.25, -0.2) is 8.78 Å². The molecule has 0 saturated heterocycles. The van der Waals surface area contributed by atoms with E-state index in [0.29, 0.717) is 18.1 Å². The highest BCUT2D eigenvalue weighted by atomic mass is 19.3. The van der Waals surface area contributed by atoms with Gasteiger partial charge in [-0.05, 0) is 24.8 Å². The van der Waals surface area contributed by atoms with Gasteiger partial charge in [-0.15, -0.1) is 0 Å². The van der Waals surface area contributed by atoms with Gasteiger partial charge in [-0.3, -0.25) is 9.48 Å². The number of nitrogens with one attached hydrogen (secondary N) is 1. The molecule has 27 heavy (non-hydrogen) atoms. The number of hydrogen-bond donors (Lipinski definition) is 2. The molecule has 0 aromatic carbocycles. The average molecular weight is 377 g/mol. The first kappa shape index (κ1) is 19.0. The molecule has 7 nitrogen and oxygen atoms in total. The molecule has 9 heteroatoms. The van der Waals surface area contributed by atoms with Crippen molar-refractivity contribution in [2.75, 3.05) is 12.4 Å². The maximum atomic E-state index is 13.3. The molecule has 1 atom stereocenters. The lowest BCUT2D eigenvalue weighted by molar-refractivity contribution is -0.120. The Bertz CT molecular complexity index is 786. The summed E-state index contributed by atoms with van der Waals surface area (Å²) in [6.45, 7) is 0.376. The predicted molar refractivity (Wildman–Crippen MR) is 93.3 cm³/mol. The number of nitrogens with two attached hydrogens (primary N) is 1. The van der Waals surface area contributed by atoms with Crippen molar-refractivity contribution in [2.24, 2.45) is 11.7 Å². The molecule has 144 valence electrons. The molecule has 1 amide bonds. The summed E-state index contributed by atoms with van der Waals surface area (Å²) in [6, 6.07) is 3.62. The van der Waals surface area contributed by atoms with Gasteiger partial charge in [-0.2, -0.15) is 10.1 Å². The zero-order valence-corrected chi connectivity index (χ0v) is 14.9. The summed E-state index contributed by atoms with van der Waals surface area (Å²) in [5, 5.41) is 6.88. The number of hydrogen-bond acceptors (Lipinski definition) is 5. The summed E-state index contributed by atoms with van der Waals surface area (Å²) >= 11 is 0. The van der Waals surface area contributed by atoms with E-state index < -0.39 is 17.9 Å². The summed E-state index contributed by atoms with van der Waals surface area (Å²) in [7, 11) is 1.51. The fraction of sp³-hybridized carbons (Fsp3) is 0.500. The molecular formula is C18H21F2N5O2. The van der Waals surface area contributed by atoms with Crippen LogP contribution in [0.25, 0.3) is 0 Å². The van der Waals surface area contributed by atoms with Gasteiger partial charge in [0, 0.05) is 36.9 Å². The Morgan fingerprint density at radius 2 is 2.26 bits per heavy atom. The Kier molecular flexibility index (Phi) is 5.56. The average Bonchev–Trinajstić information content (AvgIpc) is 3.08. The van der Waals surface area contributed by atoms with Crippen molar-refractivity contribution in [3.05, 3.63) is 36.3 Å². The van der Waals surface area contributed by atoms with Crippen molar-refractivity contribution in [3.8, 4) is 5.88 Å². The van der Waals surface area contributed by atoms with E-state index in [9.17, 15) is 13.6 Å². The Labute approximate surface area is 155 Å². The lowest BCUT2D eigenvalue weighted by Crippen LogP contribution is -2.44. The van der Waals surface area contributed by atoms with Crippen LogP contribution in [0.5, 0.6) is 5.88 Å². The van der Waals surface area contributed by atoms with Crippen LogP contribution in [-0.2, 0) is 11.3 Å². The minimum atomic E-state index is -2.64. The van der Waals surface area contributed by atoms with Gasteiger partial charge in [0.15, 0.2) is 0 Å². The second-order valence-corrected chi connectivity index (χ2v) is 6.68. The van der Waals surface area contributed by atoms with Crippen LogP contribution >= 0.6 is 0 Å². The van der Waals surface area contributed by atoms with Gasteiger partial charge in [0.1, 0.15) is 0 Å². The van der Waals surface area contributed by atoms with Crippen molar-refractivity contribution in [3.63, 3.8) is 0 Å². The van der Waals surface area contributed by atoms with Crippen molar-refractivity contribution < 1.29 is 18.3 Å². The molecule has 3 N–H and O–H groups in total. The predicted octanol–water partition coefficient (Wildman–Crippen LogP) is 2.03. The lowest BCUT2D eigenvalue weighted by Gasteiger charge is -2.31. The maximum absolute atomic E-state index is 13.3. The smallest absolute Gasteiger partial charge is 0.248 e. The van der Waals surface area contributed by atoms with Crippen LogP contribution in [0, 0.1) is 18.2 Å². The fourth-order valence-electron chi connectivity index (χ4n) is 3.18. The number of rotatable bonds is 6. The zero-order chi connectivity index (χ0) is 19.4. The molecule has 1 fully saturated rings. The summed E-state index contributed by atoms with van der Waals surface area (Å²) < 4.78 is 33.3. The molecule has 2 heterocycles. The van der Waals surface area contributed by atoms with E-state index in [4.69, 9.17) is 10.5 Å². The first-order chi connectivity index (χ1) is 12.9. The van der Waals surface area contributed by atoms with Gasteiger partial charge in [0.25, 0.3) is 0 Å². The molecule has 1 aliphatic carbocycles. The zero-order valence-electron chi connectivity index (χ0n) is 14.9. The van der Waals surface area contributed by atoms with E-state index in [1.165, 1.54) is 13.3 Å². The van der Waals surface area contributed by atoms with Crippen LogP contribution in [0.15, 0.2) is 18.5 Å². The SMILES string of the molecule is COc1nc#ccc1Cn1cc(NC(=O)[C@@H](N)C2CCC(F)(F)CC2)cn1. The number of amides is 1. The number of alkyl halides is 2. The normalized spacial score (nSPS) is 17.8. The molecule has 0 aliphatic heterocycles. The number of anilines is 1. The Morgan fingerprint density at radius 1 is 1.52 bits per heavy atom. The van der Waals surface area contributed by atoms with Crippen molar-refractivity contribution in [1.82, 2.24) is 14.8 Å². The number of nitrogens with zero attached hydrogens (tertiary/aromatic N) is 3. The molecule has 2 aromatic rings. The standard InChI is InChI=1S/C18H21F2N5O2/c1-27-17-13(3-2-8-22-17)10-25-11-14(9-23-25)24-16(26)15(21)12-4-6-18(19,20)7-5-12/h3,9,11-12,15H,4-7,10,21H2,1H3,(H,24,26)/t15-/m0/s1. The van der Waals surface area contributed by atoms with Crippen molar-refractivity contribution in [1.29, 1.82) is 0 Å². The molecule has 1 saturated carbocycles. The summed E-state index contributed by atoms with van der Waals surface area (Å²) in [4.78, 5) is 16.3. The minimum Gasteiger partial charge on any atom is -0.480 e. The summed E-state index contributed by atoms with van der Waals surface area (Å²) in [5.41, 5.74) is 7.22. The van der Waals surface area contributed by atoms with Crippen LogP contribution in [0.4, 0.5) is 14.5 Å². The Hall–Kier alpha value is -2.73. The van der Waals surface area contributed by atoms with Crippen LogP contribution in [0.3, 0.4) is 0 Å². The Morgan fingerprint density at radius 3 is 2.96 bits per heavy atom. The number of aromatic nitrogens is 3. The highest BCUT2D eigenvalue weighted by molar-refractivity contribution is 5.94. The van der Waals surface area contributed by atoms with Gasteiger partial charge in [0.2, 0.25) is 17.7 Å². The third-order valence-electron chi connectivity index (χ3n) is 4.74. The number of carbonyl (C=O) groups excluding carboxylic acids is 1. The summed E-state index contributed by atoms with van der Waals surface area (Å²) in [6.07, 6.45) is 5.76. The third kappa shape index (κ3) is 4.71. The number of halogens is 2. The second-order valence-electron chi connectivity index (χ2n) is 6.68. The molecule has 3 rings (SSSR count). The minimum absolute atomic E-state index is 0.224. The van der Waals surface area contributed by atoms with Gasteiger partial charge < -0.3 is 15.8 Å². The largest absolute Gasteiger partial charge is 0.480 e. The van der Waals surface area contributed by atoms with Crippen LogP contribution in [0.2, 0.25) is 0 Å². The maximum Gasteiger partial charge on any atom is 0.248 e. The van der Waals surface area contributed by atoms with E-state index in [0.717, 1.165) is 5.56 Å². The van der Waals surface area contributed by atoms with Crippen molar-refractivity contribution >= 4 is 11.6 Å². The quantitative estimate of drug-likeness (QED) is 0.803. The molecule has 2 aromatic heterocycles. The third-order valence-corrected chi connectivity index (χ3v) is 4.74. The first-order valence-electron chi connectivity index (χ1n) is 8.66. The molecule has 0 unspecified atom stereocenters. The Balaban J connectivity index is 1.58. The second kappa shape index (κ2) is 7.88. The van der Waals surface area contributed by atoms with Gasteiger partial charge in [-0.1, -0.05) is 0 Å². The van der Waals surface area contributed by atoms with Crippen LogP contribution in [0.1, 0.15) is 31.2 Å². The number of ether oxygens (including phenoxy) is 1.